The fourth-order valence-corrected chi connectivity index (χ4v) is 4.03. The minimum Gasteiger partial charge on any atom is -0.506 e. The molecule has 0 unspecified atom stereocenters. The Labute approximate surface area is 197 Å². The molecule has 0 aliphatic rings. The van der Waals surface area contributed by atoms with Crippen LogP contribution in [0.15, 0.2) is 71.5 Å². The van der Waals surface area contributed by atoms with Crippen molar-refractivity contribution in [1.82, 2.24) is 10.3 Å². The smallest absolute Gasteiger partial charge is 0.248 e. The van der Waals surface area contributed by atoms with Gasteiger partial charge in [0.1, 0.15) is 11.5 Å². The summed E-state index contributed by atoms with van der Waals surface area (Å²) in [5.41, 5.74) is 10.8. The Morgan fingerprint density at radius 3 is 2.53 bits per heavy atom. The predicted molar refractivity (Wildman–Crippen MR) is 135 cm³/mol. The summed E-state index contributed by atoms with van der Waals surface area (Å²) >= 11 is 0. The number of pyridine rings is 1. The molecular weight excluding hydrogens is 430 g/mol. The number of rotatable bonds is 9. The fraction of sp³-hybridized carbons (Fsp3) is 0.222. The molecule has 0 bridgehead atoms. The van der Waals surface area contributed by atoms with Gasteiger partial charge in [-0.25, -0.2) is 0 Å². The number of aromatic nitrogens is 1. The lowest BCUT2D eigenvalue weighted by atomic mass is 10.0. The molecule has 0 saturated carbocycles. The zero-order chi connectivity index (χ0) is 24.1. The Hall–Kier alpha value is -3.81. The van der Waals surface area contributed by atoms with Crippen LogP contribution in [0.3, 0.4) is 0 Å². The number of anilines is 1. The molecule has 3 aromatic carbocycles. The van der Waals surface area contributed by atoms with Crippen LogP contribution in [0.5, 0.6) is 11.5 Å². The van der Waals surface area contributed by atoms with Gasteiger partial charge >= 0.3 is 0 Å². The Bertz CT molecular complexity index is 1330. The summed E-state index contributed by atoms with van der Waals surface area (Å²) in [5.74, 6) is 0.818. The van der Waals surface area contributed by atoms with Crippen LogP contribution in [0.1, 0.15) is 24.2 Å². The topological polar surface area (TPSA) is 121 Å². The predicted octanol–water partition coefficient (Wildman–Crippen LogP) is 3.75. The molecule has 34 heavy (non-hydrogen) atoms. The van der Waals surface area contributed by atoms with E-state index in [4.69, 9.17) is 10.5 Å². The standard InChI is InChI=1S/C27H29N3O4/c1-2-34-20-7-5-17(6-8-20)19-4-3-18(23(28)15-19)13-14-29-16-25(32)21-9-11-24(31)27-22(21)10-12-26(33)30-27/h3-12,15,25,29,31-32H,2,13-14,16,28H2,1H3,(H,30,33)/t25-/m0/s1. The van der Waals surface area contributed by atoms with Crippen LogP contribution < -0.4 is 21.3 Å². The van der Waals surface area contributed by atoms with Crippen molar-refractivity contribution in [2.24, 2.45) is 0 Å². The lowest BCUT2D eigenvalue weighted by Crippen LogP contribution is -2.24. The molecule has 1 atom stereocenters. The number of phenols is 1. The third-order valence-electron chi connectivity index (χ3n) is 5.82. The minimum atomic E-state index is -0.798. The maximum Gasteiger partial charge on any atom is 0.248 e. The van der Waals surface area contributed by atoms with Crippen LogP contribution in [-0.2, 0) is 6.42 Å². The van der Waals surface area contributed by atoms with E-state index in [1.807, 2.05) is 43.3 Å². The summed E-state index contributed by atoms with van der Waals surface area (Å²) in [6, 6.07) is 20.1. The number of nitrogens with two attached hydrogens (primary N) is 1. The van der Waals surface area contributed by atoms with Gasteiger partial charge in [0.05, 0.1) is 18.2 Å². The molecule has 1 heterocycles. The van der Waals surface area contributed by atoms with E-state index in [-0.39, 0.29) is 11.3 Å². The molecule has 4 aromatic rings. The summed E-state index contributed by atoms with van der Waals surface area (Å²) in [6.45, 7) is 3.56. The molecule has 0 aliphatic heterocycles. The van der Waals surface area contributed by atoms with E-state index in [1.165, 1.54) is 12.1 Å². The average molecular weight is 460 g/mol. The van der Waals surface area contributed by atoms with Crippen LogP contribution >= 0.6 is 0 Å². The van der Waals surface area contributed by atoms with Gasteiger partial charge in [-0.15, -0.1) is 0 Å². The second-order valence-electron chi connectivity index (χ2n) is 8.13. The summed E-state index contributed by atoms with van der Waals surface area (Å²) < 4.78 is 5.50. The van der Waals surface area contributed by atoms with E-state index in [1.54, 1.807) is 12.1 Å². The SMILES string of the molecule is CCOc1ccc(-c2ccc(CCNC[C@H](O)c3ccc(O)c4[nH]c(=O)ccc34)c(N)c2)cc1. The maximum absolute atomic E-state index is 11.6. The monoisotopic (exact) mass is 459 g/mol. The molecule has 6 N–H and O–H groups in total. The van der Waals surface area contributed by atoms with E-state index in [0.29, 0.717) is 42.6 Å². The van der Waals surface area contributed by atoms with E-state index < -0.39 is 6.10 Å². The first kappa shape index (κ1) is 23.4. The number of aliphatic hydroxyl groups excluding tert-OH is 1. The van der Waals surface area contributed by atoms with E-state index in [9.17, 15) is 15.0 Å². The van der Waals surface area contributed by atoms with Crippen LogP contribution in [0.2, 0.25) is 0 Å². The van der Waals surface area contributed by atoms with Crippen molar-refractivity contribution in [1.29, 1.82) is 0 Å². The summed E-state index contributed by atoms with van der Waals surface area (Å²) in [6.07, 6.45) is -0.0837. The van der Waals surface area contributed by atoms with Crippen LogP contribution in [0.4, 0.5) is 5.69 Å². The number of benzene rings is 3. The second-order valence-corrected chi connectivity index (χ2v) is 8.13. The highest BCUT2D eigenvalue weighted by Crippen LogP contribution is 2.29. The van der Waals surface area contributed by atoms with Gasteiger partial charge in [-0.2, -0.15) is 0 Å². The van der Waals surface area contributed by atoms with Crippen LogP contribution in [0, 0.1) is 0 Å². The van der Waals surface area contributed by atoms with Gasteiger partial charge in [0.2, 0.25) is 5.56 Å². The number of fused-ring (bicyclic) bond motifs is 1. The molecular formula is C27H29N3O4. The number of aliphatic hydroxyl groups is 1. The Morgan fingerprint density at radius 2 is 1.79 bits per heavy atom. The van der Waals surface area contributed by atoms with Crippen molar-refractivity contribution in [2.45, 2.75) is 19.4 Å². The molecule has 1 aromatic heterocycles. The molecule has 0 amide bonds. The quantitative estimate of drug-likeness (QED) is 0.192. The van der Waals surface area contributed by atoms with Gasteiger partial charge < -0.3 is 31.0 Å². The number of nitrogen functional groups attached to an aromatic ring is 1. The largest absolute Gasteiger partial charge is 0.506 e. The highest BCUT2D eigenvalue weighted by Gasteiger charge is 2.14. The summed E-state index contributed by atoms with van der Waals surface area (Å²) in [5, 5.41) is 24.6. The Morgan fingerprint density at radius 1 is 1.03 bits per heavy atom. The molecule has 0 spiro atoms. The van der Waals surface area contributed by atoms with E-state index in [2.05, 4.69) is 16.4 Å². The van der Waals surface area contributed by atoms with Gasteiger partial charge in [0.25, 0.3) is 0 Å². The maximum atomic E-state index is 11.6. The normalized spacial score (nSPS) is 12.1. The molecule has 176 valence electrons. The number of ether oxygens (including phenoxy) is 1. The number of nitrogens with one attached hydrogen (secondary N) is 2. The molecule has 4 rings (SSSR count). The van der Waals surface area contributed by atoms with Gasteiger partial charge in [-0.1, -0.05) is 30.3 Å². The third-order valence-corrected chi connectivity index (χ3v) is 5.82. The lowest BCUT2D eigenvalue weighted by Gasteiger charge is -2.15. The molecule has 0 radical (unpaired) electrons. The fourth-order valence-electron chi connectivity index (χ4n) is 4.03. The zero-order valence-corrected chi connectivity index (χ0v) is 19.0. The molecule has 0 fully saturated rings. The van der Waals surface area contributed by atoms with Crippen molar-refractivity contribution >= 4 is 16.6 Å². The van der Waals surface area contributed by atoms with Gasteiger partial charge in [0.15, 0.2) is 0 Å². The number of phenolic OH excluding ortho intramolecular Hbond substituents is 1. The number of hydrogen-bond acceptors (Lipinski definition) is 6. The number of hydrogen-bond donors (Lipinski definition) is 5. The molecule has 0 aliphatic carbocycles. The van der Waals surface area contributed by atoms with Crippen molar-refractivity contribution in [3.05, 3.63) is 88.2 Å². The van der Waals surface area contributed by atoms with Crippen molar-refractivity contribution in [2.75, 3.05) is 25.4 Å². The molecule has 7 nitrogen and oxygen atoms in total. The Kier molecular flexibility index (Phi) is 7.15. The van der Waals surface area contributed by atoms with Crippen molar-refractivity contribution < 1.29 is 14.9 Å². The van der Waals surface area contributed by atoms with E-state index >= 15 is 0 Å². The zero-order valence-electron chi connectivity index (χ0n) is 19.0. The van der Waals surface area contributed by atoms with Crippen LogP contribution in [0.25, 0.3) is 22.0 Å². The van der Waals surface area contributed by atoms with Crippen LogP contribution in [-0.4, -0.2) is 34.9 Å². The summed E-state index contributed by atoms with van der Waals surface area (Å²) in [7, 11) is 0. The first-order chi connectivity index (χ1) is 16.5. The Balaban J connectivity index is 1.35. The number of aromatic hydroxyl groups is 1. The number of H-pyrrole nitrogens is 1. The van der Waals surface area contributed by atoms with Gasteiger partial charge in [-0.3, -0.25) is 4.79 Å². The first-order valence-electron chi connectivity index (χ1n) is 11.3. The third kappa shape index (κ3) is 5.22. The number of aromatic amines is 1. The highest BCUT2D eigenvalue weighted by molar-refractivity contribution is 5.87. The van der Waals surface area contributed by atoms with Crippen molar-refractivity contribution in [3.8, 4) is 22.6 Å². The summed E-state index contributed by atoms with van der Waals surface area (Å²) in [4.78, 5) is 14.2. The van der Waals surface area contributed by atoms with Gasteiger partial charge in [0, 0.05) is 23.7 Å². The van der Waals surface area contributed by atoms with E-state index in [0.717, 1.165) is 28.1 Å². The lowest BCUT2D eigenvalue weighted by molar-refractivity contribution is 0.176. The molecule has 7 heteroatoms. The van der Waals surface area contributed by atoms with Crippen molar-refractivity contribution in [3.63, 3.8) is 0 Å². The highest BCUT2D eigenvalue weighted by atomic mass is 16.5. The molecule has 0 saturated heterocycles. The minimum absolute atomic E-state index is 0.0271. The second kappa shape index (κ2) is 10.4. The van der Waals surface area contributed by atoms with Gasteiger partial charge in [-0.05, 0) is 72.5 Å². The average Bonchev–Trinajstić information content (AvgIpc) is 2.83. The first-order valence-corrected chi connectivity index (χ1v) is 11.3.